The van der Waals surface area contributed by atoms with Gasteiger partial charge in [0.25, 0.3) is 0 Å². The van der Waals surface area contributed by atoms with E-state index in [9.17, 15) is 4.79 Å². The molecule has 0 saturated heterocycles. The molecule has 88 valence electrons. The number of aliphatic hydroxyl groups excluding tert-OH is 1. The maximum atomic E-state index is 11.7. The van der Waals surface area contributed by atoms with Crippen molar-refractivity contribution in [3.05, 3.63) is 28.8 Å². The molecule has 16 heavy (non-hydrogen) atoms. The van der Waals surface area contributed by atoms with E-state index in [1.165, 1.54) is 11.1 Å². The fourth-order valence-corrected chi connectivity index (χ4v) is 1.70. The smallest absolute Gasteiger partial charge is 0.229 e. The van der Waals surface area contributed by atoms with Crippen molar-refractivity contribution in [1.29, 1.82) is 0 Å². The molecule has 0 aliphatic carbocycles. The van der Waals surface area contributed by atoms with Crippen LogP contribution in [-0.2, 0) is 4.79 Å². The normalized spacial score (nSPS) is 10.3. The summed E-state index contributed by atoms with van der Waals surface area (Å²) in [4.78, 5) is 13.3. The zero-order chi connectivity index (χ0) is 12.3. The third-order valence-corrected chi connectivity index (χ3v) is 3.09. The van der Waals surface area contributed by atoms with Crippen molar-refractivity contribution in [2.24, 2.45) is 0 Å². The average molecular weight is 221 g/mol. The fourth-order valence-electron chi connectivity index (χ4n) is 1.70. The van der Waals surface area contributed by atoms with Crippen LogP contribution in [-0.4, -0.2) is 24.7 Å². The number of rotatable bonds is 3. The van der Waals surface area contributed by atoms with Crippen LogP contribution in [0.25, 0.3) is 0 Å². The zero-order valence-corrected chi connectivity index (χ0v) is 10.4. The minimum absolute atomic E-state index is 0.0612. The highest BCUT2D eigenvalue weighted by Gasteiger charge is 2.13. The van der Waals surface area contributed by atoms with E-state index in [1.807, 2.05) is 19.1 Å². The number of aryl methyl sites for hydroxylation is 1. The number of hydrogen-bond acceptors (Lipinski definition) is 2. The quantitative estimate of drug-likeness (QED) is 0.847. The van der Waals surface area contributed by atoms with Crippen molar-refractivity contribution in [2.75, 3.05) is 18.6 Å². The largest absolute Gasteiger partial charge is 0.396 e. The molecule has 0 aliphatic heterocycles. The number of aliphatic hydroxyl groups is 1. The zero-order valence-electron chi connectivity index (χ0n) is 10.4. The van der Waals surface area contributed by atoms with Gasteiger partial charge < -0.3 is 10.0 Å². The Kier molecular flexibility index (Phi) is 4.07. The van der Waals surface area contributed by atoms with Crippen LogP contribution in [0.3, 0.4) is 0 Å². The number of amides is 1. The van der Waals surface area contributed by atoms with E-state index in [4.69, 9.17) is 5.11 Å². The van der Waals surface area contributed by atoms with E-state index in [2.05, 4.69) is 13.8 Å². The molecule has 1 rings (SSSR count). The molecule has 0 aromatic heterocycles. The summed E-state index contributed by atoms with van der Waals surface area (Å²) in [7, 11) is 1.75. The molecule has 3 heteroatoms. The Hall–Kier alpha value is -1.35. The van der Waals surface area contributed by atoms with Crippen LogP contribution >= 0.6 is 0 Å². The molecule has 0 saturated carbocycles. The van der Waals surface area contributed by atoms with Crippen molar-refractivity contribution >= 4 is 11.6 Å². The lowest BCUT2D eigenvalue weighted by molar-refractivity contribution is -0.118. The number of carbonyl (C=O) groups excluding carboxylic acids is 1. The molecular weight excluding hydrogens is 202 g/mol. The van der Waals surface area contributed by atoms with Crippen LogP contribution in [0.4, 0.5) is 5.69 Å². The standard InChI is InChI=1S/C13H19NO2/c1-9-5-6-12(11(3)10(9)2)14(4)13(16)7-8-15/h5-6,15H,7-8H2,1-4H3. The first-order valence-corrected chi connectivity index (χ1v) is 5.43. The summed E-state index contributed by atoms with van der Waals surface area (Å²) in [5.74, 6) is -0.0612. The van der Waals surface area contributed by atoms with Crippen molar-refractivity contribution < 1.29 is 9.90 Å². The maximum Gasteiger partial charge on any atom is 0.229 e. The molecule has 0 heterocycles. The van der Waals surface area contributed by atoms with E-state index in [0.29, 0.717) is 0 Å². The second-order valence-electron chi connectivity index (χ2n) is 4.08. The van der Waals surface area contributed by atoms with Gasteiger partial charge in [-0.15, -0.1) is 0 Å². The molecule has 0 spiro atoms. The summed E-state index contributed by atoms with van der Waals surface area (Å²) >= 11 is 0. The highest BCUT2D eigenvalue weighted by atomic mass is 16.3. The first kappa shape index (κ1) is 12.7. The fraction of sp³-hybridized carbons (Fsp3) is 0.462. The van der Waals surface area contributed by atoms with E-state index in [-0.39, 0.29) is 18.9 Å². The average Bonchev–Trinajstić information content (AvgIpc) is 2.26. The molecule has 0 bridgehead atoms. The molecule has 1 amide bonds. The number of carbonyl (C=O) groups is 1. The number of hydrogen-bond donors (Lipinski definition) is 1. The van der Waals surface area contributed by atoms with Crippen molar-refractivity contribution in [3.8, 4) is 0 Å². The molecule has 1 N–H and O–H groups in total. The van der Waals surface area contributed by atoms with E-state index < -0.39 is 0 Å². The highest BCUT2D eigenvalue weighted by molar-refractivity contribution is 5.93. The molecular formula is C13H19NO2. The second-order valence-corrected chi connectivity index (χ2v) is 4.08. The lowest BCUT2D eigenvalue weighted by Crippen LogP contribution is -2.27. The molecule has 0 atom stereocenters. The van der Waals surface area contributed by atoms with Gasteiger partial charge in [-0.2, -0.15) is 0 Å². The van der Waals surface area contributed by atoms with E-state index in [0.717, 1.165) is 11.3 Å². The van der Waals surface area contributed by atoms with Crippen LogP contribution in [0.2, 0.25) is 0 Å². The Morgan fingerprint density at radius 1 is 1.25 bits per heavy atom. The minimum atomic E-state index is -0.104. The Morgan fingerprint density at radius 2 is 1.88 bits per heavy atom. The van der Waals surface area contributed by atoms with Crippen molar-refractivity contribution in [3.63, 3.8) is 0 Å². The van der Waals surface area contributed by atoms with Gasteiger partial charge in [0.1, 0.15) is 0 Å². The van der Waals surface area contributed by atoms with Gasteiger partial charge in [0.05, 0.1) is 13.0 Å². The van der Waals surface area contributed by atoms with Gasteiger partial charge in [0.2, 0.25) is 5.91 Å². The summed E-state index contributed by atoms with van der Waals surface area (Å²) < 4.78 is 0. The summed E-state index contributed by atoms with van der Waals surface area (Å²) in [5.41, 5.74) is 4.47. The van der Waals surface area contributed by atoms with Gasteiger partial charge in [-0.1, -0.05) is 6.07 Å². The van der Waals surface area contributed by atoms with E-state index >= 15 is 0 Å². The van der Waals surface area contributed by atoms with Crippen LogP contribution in [0.15, 0.2) is 12.1 Å². The molecule has 1 aromatic rings. The molecule has 3 nitrogen and oxygen atoms in total. The van der Waals surface area contributed by atoms with Crippen LogP contribution in [0.5, 0.6) is 0 Å². The van der Waals surface area contributed by atoms with Crippen LogP contribution in [0.1, 0.15) is 23.1 Å². The first-order chi connectivity index (χ1) is 7.49. The maximum absolute atomic E-state index is 11.7. The minimum Gasteiger partial charge on any atom is -0.396 e. The summed E-state index contributed by atoms with van der Waals surface area (Å²) in [5, 5.41) is 8.75. The van der Waals surface area contributed by atoms with Crippen molar-refractivity contribution in [2.45, 2.75) is 27.2 Å². The van der Waals surface area contributed by atoms with Crippen molar-refractivity contribution in [1.82, 2.24) is 0 Å². The predicted molar refractivity (Wildman–Crippen MR) is 65.8 cm³/mol. The monoisotopic (exact) mass is 221 g/mol. The Bertz CT molecular complexity index is 399. The Balaban J connectivity index is 3.05. The lowest BCUT2D eigenvalue weighted by atomic mass is 10.0. The molecule has 0 fully saturated rings. The first-order valence-electron chi connectivity index (χ1n) is 5.43. The number of anilines is 1. The predicted octanol–water partition coefficient (Wildman–Crippen LogP) is 1.96. The van der Waals surface area contributed by atoms with Gasteiger partial charge in [0.15, 0.2) is 0 Å². The van der Waals surface area contributed by atoms with Gasteiger partial charge >= 0.3 is 0 Å². The van der Waals surface area contributed by atoms with Gasteiger partial charge in [-0.25, -0.2) is 0 Å². The van der Waals surface area contributed by atoms with Gasteiger partial charge in [0, 0.05) is 12.7 Å². The summed E-state index contributed by atoms with van der Waals surface area (Å²) in [6.07, 6.45) is 0.170. The Morgan fingerprint density at radius 3 is 2.44 bits per heavy atom. The van der Waals surface area contributed by atoms with E-state index in [1.54, 1.807) is 11.9 Å². The Labute approximate surface area is 96.7 Å². The van der Waals surface area contributed by atoms with Crippen LogP contribution in [0, 0.1) is 20.8 Å². The molecule has 0 aliphatic rings. The lowest BCUT2D eigenvalue weighted by Gasteiger charge is -2.21. The second kappa shape index (κ2) is 5.12. The van der Waals surface area contributed by atoms with Crippen LogP contribution < -0.4 is 4.90 Å². The molecule has 0 unspecified atom stereocenters. The summed E-state index contributed by atoms with van der Waals surface area (Å²) in [6.45, 7) is 6.02. The third-order valence-electron chi connectivity index (χ3n) is 3.09. The SMILES string of the molecule is Cc1ccc(N(C)C(=O)CCO)c(C)c1C. The third kappa shape index (κ3) is 2.42. The number of benzene rings is 1. The number of nitrogens with zero attached hydrogens (tertiary/aromatic N) is 1. The van der Waals surface area contributed by atoms with Gasteiger partial charge in [-0.3, -0.25) is 4.79 Å². The molecule has 0 radical (unpaired) electrons. The van der Waals surface area contributed by atoms with Gasteiger partial charge in [-0.05, 0) is 43.5 Å². The summed E-state index contributed by atoms with van der Waals surface area (Å²) in [6, 6.07) is 3.97. The topological polar surface area (TPSA) is 40.5 Å². The molecule has 1 aromatic carbocycles. The highest BCUT2D eigenvalue weighted by Crippen LogP contribution is 2.24.